The van der Waals surface area contributed by atoms with Crippen molar-refractivity contribution in [3.05, 3.63) is 48.3 Å². The van der Waals surface area contributed by atoms with E-state index in [-0.39, 0.29) is 0 Å². The lowest BCUT2D eigenvalue weighted by Gasteiger charge is -2.32. The van der Waals surface area contributed by atoms with Crippen molar-refractivity contribution in [3.63, 3.8) is 0 Å². The number of aromatic nitrogens is 3. The Morgan fingerprint density at radius 1 is 1.25 bits per heavy atom. The van der Waals surface area contributed by atoms with Crippen LogP contribution in [0.5, 0.6) is 0 Å². The van der Waals surface area contributed by atoms with Crippen molar-refractivity contribution >= 4 is 28.1 Å². The topological polar surface area (TPSA) is 63.2 Å². The number of hydrogen-bond acceptors (Lipinski definition) is 7. The lowest BCUT2D eigenvalue weighted by atomic mass is 9.99. The van der Waals surface area contributed by atoms with Crippen molar-refractivity contribution in [2.24, 2.45) is 5.92 Å². The molecule has 0 bridgehead atoms. The molecule has 0 aromatic carbocycles. The predicted octanol–water partition coefficient (Wildman–Crippen LogP) is 4.51. The first-order valence-corrected chi connectivity index (χ1v) is 10.4. The molecule has 1 unspecified atom stereocenters. The van der Waals surface area contributed by atoms with Gasteiger partial charge in [-0.05, 0) is 55.5 Å². The number of piperidine rings is 1. The number of methoxy groups -OCH3 is 1. The van der Waals surface area contributed by atoms with Crippen LogP contribution >= 0.6 is 11.3 Å². The van der Waals surface area contributed by atoms with E-state index in [1.807, 2.05) is 43.5 Å². The standard InChI is InChI=1S/C21H25N5OS/c1-15-8-9-22-20(11-15)25-19-7-3-6-17(24-19)18-12-23-21(28-18)26-10-4-5-16(13-26)14-27-2/h3,6-9,11-12,16H,4-5,10,13-14H2,1-2H3,(H,22,24,25). The normalized spacial score (nSPS) is 16.9. The highest BCUT2D eigenvalue weighted by Crippen LogP contribution is 2.33. The van der Waals surface area contributed by atoms with Gasteiger partial charge in [-0.25, -0.2) is 15.0 Å². The van der Waals surface area contributed by atoms with Gasteiger partial charge in [0.15, 0.2) is 5.13 Å². The Kier molecular flexibility index (Phi) is 5.83. The van der Waals surface area contributed by atoms with Gasteiger partial charge >= 0.3 is 0 Å². The van der Waals surface area contributed by atoms with E-state index in [1.165, 1.54) is 12.8 Å². The van der Waals surface area contributed by atoms with Gasteiger partial charge in [-0.15, -0.1) is 0 Å². The zero-order valence-electron chi connectivity index (χ0n) is 16.3. The quantitative estimate of drug-likeness (QED) is 0.662. The number of thiazole rings is 1. The molecule has 1 atom stereocenters. The molecule has 3 aromatic rings. The third kappa shape index (κ3) is 4.48. The first-order chi connectivity index (χ1) is 13.7. The lowest BCUT2D eigenvalue weighted by molar-refractivity contribution is 0.143. The Morgan fingerprint density at radius 2 is 2.18 bits per heavy atom. The first-order valence-electron chi connectivity index (χ1n) is 9.58. The molecule has 1 fully saturated rings. The SMILES string of the molecule is COCC1CCCN(c2ncc(-c3cccc(Nc4cc(C)ccn4)n3)s2)C1. The van der Waals surface area contributed by atoms with Crippen LogP contribution in [0.3, 0.4) is 0 Å². The molecule has 28 heavy (non-hydrogen) atoms. The number of hydrogen-bond donors (Lipinski definition) is 1. The molecule has 4 heterocycles. The zero-order valence-corrected chi connectivity index (χ0v) is 17.1. The minimum Gasteiger partial charge on any atom is -0.384 e. The highest BCUT2D eigenvalue weighted by Gasteiger charge is 2.22. The average molecular weight is 396 g/mol. The number of nitrogens with zero attached hydrogens (tertiary/aromatic N) is 4. The fourth-order valence-electron chi connectivity index (χ4n) is 3.52. The average Bonchev–Trinajstić information content (AvgIpc) is 3.19. The molecule has 7 heteroatoms. The molecule has 0 saturated carbocycles. The van der Waals surface area contributed by atoms with Crippen LogP contribution in [0.15, 0.2) is 42.7 Å². The van der Waals surface area contributed by atoms with Crippen LogP contribution in [-0.2, 0) is 4.74 Å². The molecular weight excluding hydrogens is 370 g/mol. The number of rotatable bonds is 6. The van der Waals surface area contributed by atoms with E-state index < -0.39 is 0 Å². The summed E-state index contributed by atoms with van der Waals surface area (Å²) < 4.78 is 5.34. The maximum Gasteiger partial charge on any atom is 0.185 e. The molecular formula is C21H25N5OS. The third-order valence-electron chi connectivity index (χ3n) is 4.86. The summed E-state index contributed by atoms with van der Waals surface area (Å²) in [5, 5.41) is 4.35. The highest BCUT2D eigenvalue weighted by atomic mass is 32.1. The van der Waals surface area contributed by atoms with Gasteiger partial charge in [-0.1, -0.05) is 17.4 Å². The number of nitrogens with one attached hydrogen (secondary N) is 1. The highest BCUT2D eigenvalue weighted by molar-refractivity contribution is 7.18. The number of pyridine rings is 2. The second-order valence-corrected chi connectivity index (χ2v) is 8.18. The molecule has 3 aromatic heterocycles. The Morgan fingerprint density at radius 3 is 3.04 bits per heavy atom. The van der Waals surface area contributed by atoms with Gasteiger partial charge in [0.2, 0.25) is 0 Å². The smallest absolute Gasteiger partial charge is 0.185 e. The fraction of sp³-hybridized carbons (Fsp3) is 0.381. The van der Waals surface area contributed by atoms with E-state index in [0.29, 0.717) is 5.92 Å². The van der Waals surface area contributed by atoms with Crippen molar-refractivity contribution in [3.8, 4) is 10.6 Å². The molecule has 146 valence electrons. The molecule has 0 aliphatic carbocycles. The second-order valence-electron chi connectivity index (χ2n) is 7.17. The van der Waals surface area contributed by atoms with Gasteiger partial charge in [0, 0.05) is 32.6 Å². The number of ether oxygens (including phenoxy) is 1. The van der Waals surface area contributed by atoms with Crippen molar-refractivity contribution in [2.45, 2.75) is 19.8 Å². The van der Waals surface area contributed by atoms with Gasteiger partial charge in [0.05, 0.1) is 17.2 Å². The van der Waals surface area contributed by atoms with Gasteiger partial charge in [0.25, 0.3) is 0 Å². The Labute approximate surface area is 169 Å². The van der Waals surface area contributed by atoms with Crippen LogP contribution < -0.4 is 10.2 Å². The summed E-state index contributed by atoms with van der Waals surface area (Å²) in [7, 11) is 1.78. The van der Waals surface area contributed by atoms with Gasteiger partial charge < -0.3 is 15.0 Å². The van der Waals surface area contributed by atoms with E-state index in [0.717, 1.165) is 52.6 Å². The van der Waals surface area contributed by atoms with E-state index in [4.69, 9.17) is 9.72 Å². The molecule has 1 aliphatic rings. The summed E-state index contributed by atoms with van der Waals surface area (Å²) in [5.41, 5.74) is 2.08. The molecule has 0 radical (unpaired) electrons. The van der Waals surface area contributed by atoms with Crippen molar-refractivity contribution in [1.29, 1.82) is 0 Å². The second kappa shape index (κ2) is 8.67. The van der Waals surface area contributed by atoms with E-state index in [9.17, 15) is 0 Å². The zero-order chi connectivity index (χ0) is 19.3. The molecule has 0 spiro atoms. The Balaban J connectivity index is 1.49. The summed E-state index contributed by atoms with van der Waals surface area (Å²) in [6.07, 6.45) is 6.14. The summed E-state index contributed by atoms with van der Waals surface area (Å²) in [6, 6.07) is 9.97. The summed E-state index contributed by atoms with van der Waals surface area (Å²) >= 11 is 1.70. The maximum absolute atomic E-state index is 5.34. The monoisotopic (exact) mass is 395 g/mol. The first kappa shape index (κ1) is 18.8. The molecule has 1 saturated heterocycles. The minimum atomic E-state index is 0.582. The van der Waals surface area contributed by atoms with Crippen LogP contribution in [0.2, 0.25) is 0 Å². The van der Waals surface area contributed by atoms with E-state index >= 15 is 0 Å². The van der Waals surface area contributed by atoms with E-state index in [1.54, 1.807) is 24.6 Å². The minimum absolute atomic E-state index is 0.582. The number of anilines is 3. The molecule has 1 aliphatic heterocycles. The van der Waals surface area contributed by atoms with Gasteiger partial charge in [0.1, 0.15) is 11.6 Å². The Bertz CT molecular complexity index is 926. The largest absolute Gasteiger partial charge is 0.384 e. The van der Waals surface area contributed by atoms with Crippen molar-refractivity contribution in [2.75, 3.05) is 37.0 Å². The van der Waals surface area contributed by atoms with Gasteiger partial charge in [-0.3, -0.25) is 0 Å². The molecule has 6 nitrogen and oxygen atoms in total. The van der Waals surface area contributed by atoms with Crippen molar-refractivity contribution in [1.82, 2.24) is 15.0 Å². The number of aryl methyl sites for hydroxylation is 1. The maximum atomic E-state index is 5.34. The summed E-state index contributed by atoms with van der Waals surface area (Å²) in [5.74, 6) is 2.16. The molecule has 1 N–H and O–H groups in total. The summed E-state index contributed by atoms with van der Waals surface area (Å²) in [4.78, 5) is 17.2. The molecule has 0 amide bonds. The third-order valence-corrected chi connectivity index (χ3v) is 5.94. The Hall–Kier alpha value is -2.51. The summed E-state index contributed by atoms with van der Waals surface area (Å²) in [6.45, 7) is 4.93. The lowest BCUT2D eigenvalue weighted by Crippen LogP contribution is -2.37. The van der Waals surface area contributed by atoms with Crippen LogP contribution in [0, 0.1) is 12.8 Å². The van der Waals surface area contributed by atoms with Gasteiger partial charge in [-0.2, -0.15) is 0 Å². The fourth-order valence-corrected chi connectivity index (χ4v) is 4.44. The van der Waals surface area contributed by atoms with Crippen LogP contribution in [-0.4, -0.2) is 41.8 Å². The van der Waals surface area contributed by atoms with Crippen LogP contribution in [0.4, 0.5) is 16.8 Å². The van der Waals surface area contributed by atoms with Crippen molar-refractivity contribution < 1.29 is 4.74 Å². The van der Waals surface area contributed by atoms with Crippen LogP contribution in [0.1, 0.15) is 18.4 Å². The van der Waals surface area contributed by atoms with E-state index in [2.05, 4.69) is 20.2 Å². The van der Waals surface area contributed by atoms with Crippen LogP contribution in [0.25, 0.3) is 10.6 Å². The predicted molar refractivity (Wildman–Crippen MR) is 114 cm³/mol. The molecule has 4 rings (SSSR count).